The van der Waals surface area contributed by atoms with Crippen LogP contribution < -0.4 is 10.6 Å². The lowest BCUT2D eigenvalue weighted by Crippen LogP contribution is -2.36. The molecule has 0 aliphatic carbocycles. The summed E-state index contributed by atoms with van der Waals surface area (Å²) in [6, 6.07) is 8.76. The van der Waals surface area contributed by atoms with Crippen molar-refractivity contribution in [3.8, 4) is 0 Å². The predicted molar refractivity (Wildman–Crippen MR) is 99.1 cm³/mol. The van der Waals surface area contributed by atoms with Crippen LogP contribution >= 0.6 is 35.3 Å². The molecule has 4 nitrogen and oxygen atoms in total. The van der Waals surface area contributed by atoms with E-state index in [1.54, 1.807) is 30.5 Å². The van der Waals surface area contributed by atoms with Crippen molar-refractivity contribution in [3.63, 3.8) is 0 Å². The summed E-state index contributed by atoms with van der Waals surface area (Å²) >= 11 is 1.68. The summed E-state index contributed by atoms with van der Waals surface area (Å²) in [4.78, 5) is 5.36. The van der Waals surface area contributed by atoms with Gasteiger partial charge in [0.1, 0.15) is 5.82 Å². The average molecular weight is 435 g/mol. The molecule has 0 radical (unpaired) electrons. The van der Waals surface area contributed by atoms with Gasteiger partial charge in [-0.2, -0.15) is 0 Å². The number of thiophene rings is 1. The molecule has 1 heterocycles. The molecule has 0 atom stereocenters. The summed E-state index contributed by atoms with van der Waals surface area (Å²) in [6.07, 6.45) is 0. The van der Waals surface area contributed by atoms with Crippen LogP contribution in [0.3, 0.4) is 0 Å². The van der Waals surface area contributed by atoms with E-state index in [0.717, 1.165) is 5.56 Å². The number of benzene rings is 1. The molecule has 0 saturated heterocycles. The van der Waals surface area contributed by atoms with Crippen molar-refractivity contribution in [3.05, 3.63) is 57.5 Å². The summed E-state index contributed by atoms with van der Waals surface area (Å²) in [5.41, 5.74) is 1.19. The fraction of sp³-hybridized carbons (Fsp3) is 0.267. The van der Waals surface area contributed by atoms with Crippen LogP contribution in [-0.2, 0) is 19.7 Å². The van der Waals surface area contributed by atoms with Crippen LogP contribution in [0.1, 0.15) is 16.0 Å². The van der Waals surface area contributed by atoms with E-state index < -0.39 is 0 Å². The van der Waals surface area contributed by atoms with Gasteiger partial charge in [-0.15, -0.1) is 35.3 Å². The van der Waals surface area contributed by atoms with E-state index in [1.807, 2.05) is 11.4 Å². The molecule has 2 aromatic rings. The Kier molecular flexibility index (Phi) is 8.36. The minimum Gasteiger partial charge on any atom is -0.392 e. The average Bonchev–Trinajstić information content (AvgIpc) is 3.02. The lowest BCUT2D eigenvalue weighted by molar-refractivity contribution is 0.275. The standard InChI is InChI=1S/C15H18FN3OS.HI/c1-17-15(19-9-13-3-2-6-21-13)18-8-11-4-5-14(16)12(7-11)10-20;/h2-7,20H,8-10H2,1H3,(H2,17,18,19);1H. The summed E-state index contributed by atoms with van der Waals surface area (Å²) in [6.45, 7) is 0.922. The van der Waals surface area contributed by atoms with E-state index in [2.05, 4.69) is 21.7 Å². The third kappa shape index (κ3) is 5.54. The molecule has 0 unspecified atom stereocenters. The van der Waals surface area contributed by atoms with Crippen molar-refractivity contribution in [1.29, 1.82) is 0 Å². The highest BCUT2D eigenvalue weighted by Gasteiger charge is 2.04. The molecule has 2 rings (SSSR count). The minimum atomic E-state index is -0.388. The Bertz CT molecular complexity index is 605. The molecule has 22 heavy (non-hydrogen) atoms. The van der Waals surface area contributed by atoms with E-state index in [1.165, 1.54) is 10.9 Å². The fourth-order valence-electron chi connectivity index (χ4n) is 1.85. The third-order valence-electron chi connectivity index (χ3n) is 2.97. The second kappa shape index (κ2) is 9.75. The summed E-state index contributed by atoms with van der Waals surface area (Å²) < 4.78 is 13.3. The Balaban J connectivity index is 0.00000242. The number of nitrogens with zero attached hydrogens (tertiary/aromatic N) is 1. The van der Waals surface area contributed by atoms with E-state index in [-0.39, 0.29) is 36.4 Å². The van der Waals surface area contributed by atoms with Crippen LogP contribution in [-0.4, -0.2) is 18.1 Å². The minimum absolute atomic E-state index is 0. The molecule has 7 heteroatoms. The largest absolute Gasteiger partial charge is 0.392 e. The van der Waals surface area contributed by atoms with Gasteiger partial charge in [0, 0.05) is 24.0 Å². The van der Waals surface area contributed by atoms with Gasteiger partial charge < -0.3 is 15.7 Å². The molecule has 0 bridgehead atoms. The van der Waals surface area contributed by atoms with E-state index in [4.69, 9.17) is 5.11 Å². The topological polar surface area (TPSA) is 56.7 Å². The number of halogens is 2. The first-order chi connectivity index (χ1) is 10.2. The maximum Gasteiger partial charge on any atom is 0.191 e. The van der Waals surface area contributed by atoms with Gasteiger partial charge in [0.15, 0.2) is 5.96 Å². The highest BCUT2D eigenvalue weighted by Crippen LogP contribution is 2.10. The van der Waals surface area contributed by atoms with Crippen LogP contribution in [0, 0.1) is 5.82 Å². The number of aliphatic hydroxyl groups excluding tert-OH is 1. The molecular weight excluding hydrogens is 416 g/mol. The van der Waals surface area contributed by atoms with Gasteiger partial charge in [-0.3, -0.25) is 4.99 Å². The van der Waals surface area contributed by atoms with Gasteiger partial charge in [-0.25, -0.2) is 4.39 Å². The predicted octanol–water partition coefficient (Wildman–Crippen LogP) is 2.86. The Hall–Kier alpha value is -1.19. The fourth-order valence-corrected chi connectivity index (χ4v) is 2.49. The molecule has 0 amide bonds. The van der Waals surface area contributed by atoms with Gasteiger partial charge in [0.2, 0.25) is 0 Å². The van der Waals surface area contributed by atoms with Crippen molar-refractivity contribution in [2.24, 2.45) is 4.99 Å². The van der Waals surface area contributed by atoms with E-state index in [9.17, 15) is 4.39 Å². The molecule has 0 spiro atoms. The van der Waals surface area contributed by atoms with Gasteiger partial charge in [0.05, 0.1) is 13.2 Å². The number of hydrogen-bond donors (Lipinski definition) is 3. The van der Waals surface area contributed by atoms with Crippen LogP contribution in [0.5, 0.6) is 0 Å². The first-order valence-electron chi connectivity index (χ1n) is 6.58. The van der Waals surface area contributed by atoms with E-state index in [0.29, 0.717) is 24.6 Å². The Morgan fingerprint density at radius 2 is 2.05 bits per heavy atom. The van der Waals surface area contributed by atoms with Gasteiger partial charge >= 0.3 is 0 Å². The number of guanidine groups is 1. The number of hydrogen-bond acceptors (Lipinski definition) is 3. The van der Waals surface area contributed by atoms with Gasteiger partial charge in [0.25, 0.3) is 0 Å². The Morgan fingerprint density at radius 1 is 1.27 bits per heavy atom. The molecule has 0 fully saturated rings. The molecule has 0 aliphatic heterocycles. The third-order valence-corrected chi connectivity index (χ3v) is 3.85. The van der Waals surface area contributed by atoms with Crippen LogP contribution in [0.25, 0.3) is 0 Å². The summed E-state index contributed by atoms with van der Waals surface area (Å²) in [7, 11) is 1.70. The monoisotopic (exact) mass is 435 g/mol. The molecule has 1 aromatic carbocycles. The summed E-state index contributed by atoms with van der Waals surface area (Å²) in [5.74, 6) is 0.291. The zero-order valence-electron chi connectivity index (χ0n) is 12.2. The molecule has 0 saturated carbocycles. The van der Waals surface area contributed by atoms with Crippen molar-refractivity contribution in [2.75, 3.05) is 7.05 Å². The van der Waals surface area contributed by atoms with Gasteiger partial charge in [-0.05, 0) is 29.1 Å². The maximum absolute atomic E-state index is 13.3. The van der Waals surface area contributed by atoms with Gasteiger partial charge in [-0.1, -0.05) is 12.1 Å². The van der Waals surface area contributed by atoms with Crippen molar-refractivity contribution >= 4 is 41.3 Å². The maximum atomic E-state index is 13.3. The molecule has 120 valence electrons. The Labute approximate surface area is 150 Å². The first-order valence-corrected chi connectivity index (χ1v) is 7.46. The van der Waals surface area contributed by atoms with Crippen LogP contribution in [0.15, 0.2) is 40.7 Å². The number of rotatable bonds is 5. The van der Waals surface area contributed by atoms with Crippen LogP contribution in [0.2, 0.25) is 0 Å². The second-order valence-electron chi connectivity index (χ2n) is 4.44. The van der Waals surface area contributed by atoms with Crippen LogP contribution in [0.4, 0.5) is 4.39 Å². The number of aliphatic hydroxyl groups is 1. The normalized spacial score (nSPS) is 11.0. The van der Waals surface area contributed by atoms with Crippen molar-refractivity contribution in [2.45, 2.75) is 19.7 Å². The van der Waals surface area contributed by atoms with Crippen molar-refractivity contribution < 1.29 is 9.50 Å². The molecule has 3 N–H and O–H groups in total. The number of nitrogens with one attached hydrogen (secondary N) is 2. The van der Waals surface area contributed by atoms with E-state index >= 15 is 0 Å². The zero-order chi connectivity index (χ0) is 15.1. The first kappa shape index (κ1) is 18.9. The highest BCUT2D eigenvalue weighted by atomic mass is 127. The highest BCUT2D eigenvalue weighted by molar-refractivity contribution is 14.0. The zero-order valence-corrected chi connectivity index (χ0v) is 15.3. The second-order valence-corrected chi connectivity index (χ2v) is 5.47. The summed E-state index contributed by atoms with van der Waals surface area (Å²) in [5, 5.41) is 17.5. The molecule has 1 aromatic heterocycles. The quantitative estimate of drug-likeness (QED) is 0.385. The molecule has 0 aliphatic rings. The SMILES string of the molecule is CN=C(NCc1ccc(F)c(CO)c1)NCc1cccs1.I. The smallest absolute Gasteiger partial charge is 0.191 e. The number of aliphatic imine (C=N–C) groups is 1. The lowest BCUT2D eigenvalue weighted by Gasteiger charge is -2.12. The lowest BCUT2D eigenvalue weighted by atomic mass is 10.1. The molecular formula is C15H19FIN3OS. The van der Waals surface area contributed by atoms with Crippen molar-refractivity contribution in [1.82, 2.24) is 10.6 Å². The Morgan fingerprint density at radius 3 is 2.68 bits per heavy atom.